The molecule has 1 aromatic carbocycles. The lowest BCUT2D eigenvalue weighted by molar-refractivity contribution is -0.0264. The predicted octanol–water partition coefficient (Wildman–Crippen LogP) is 2.32. The molecule has 0 bridgehead atoms. The first-order valence-electron chi connectivity index (χ1n) is 8.52. The van der Waals surface area contributed by atoms with Gasteiger partial charge in [0.1, 0.15) is 18.1 Å². The van der Waals surface area contributed by atoms with Crippen LogP contribution in [0.4, 0.5) is 5.82 Å². The van der Waals surface area contributed by atoms with Gasteiger partial charge in [-0.25, -0.2) is 9.97 Å². The average molecular weight is 427 g/mol. The van der Waals surface area contributed by atoms with Gasteiger partial charge in [0.25, 0.3) is 0 Å². The number of hydrogen-bond donors (Lipinski definition) is 5. The molecule has 3 aromatic rings. The van der Waals surface area contributed by atoms with E-state index in [1.165, 1.54) is 6.33 Å². The fraction of sp³-hybridized carbons (Fsp3) is 0.333. The number of aromatic nitrogens is 3. The summed E-state index contributed by atoms with van der Waals surface area (Å²) in [7, 11) is 0. The van der Waals surface area contributed by atoms with Crippen molar-refractivity contribution in [1.82, 2.24) is 14.5 Å². The summed E-state index contributed by atoms with van der Waals surface area (Å²) in [6.07, 6.45) is 0.251. The molecule has 28 heavy (non-hydrogen) atoms. The number of rotatable bonds is 4. The van der Waals surface area contributed by atoms with Gasteiger partial charge in [-0.1, -0.05) is 23.7 Å². The second-order valence-electron chi connectivity index (χ2n) is 6.74. The topological polar surface area (TPSA) is 124 Å². The molecule has 2 heterocycles. The Balaban J connectivity index is 0.00000225. The molecular weight excluding hydrogens is 407 g/mol. The molecule has 0 amide bonds. The van der Waals surface area contributed by atoms with Gasteiger partial charge < -0.3 is 19.9 Å². The second kappa shape index (κ2) is 8.20. The number of benzene rings is 1. The molecule has 2 aromatic heterocycles. The van der Waals surface area contributed by atoms with E-state index in [0.717, 1.165) is 0 Å². The highest BCUT2D eigenvalue weighted by molar-refractivity contribution is 6.30. The summed E-state index contributed by atoms with van der Waals surface area (Å²) in [6.45, 7) is 0. The van der Waals surface area contributed by atoms with Gasteiger partial charge >= 0.3 is 0 Å². The van der Waals surface area contributed by atoms with E-state index in [0.29, 0.717) is 28.0 Å². The molecule has 150 valence electrons. The maximum atomic E-state index is 10.7. The standard InChI is InChI=1S/C18H19ClN4O4.ClH/c19-10-3-1-9(2-4-10)14(24)12-7-13(16(26)15(12)25)23-6-5-11-17(22-27)20-8-21-18(11)23;/h1-6,8,12-16,24-27H,7H2,(H,20,21,22);1H/t12-,13-,14-,15-,16+;/m1./s1. The van der Waals surface area contributed by atoms with Crippen LogP contribution < -0.4 is 5.48 Å². The van der Waals surface area contributed by atoms with E-state index < -0.39 is 30.3 Å². The lowest BCUT2D eigenvalue weighted by Crippen LogP contribution is -2.31. The van der Waals surface area contributed by atoms with Crippen LogP contribution >= 0.6 is 24.0 Å². The SMILES string of the molecule is Cl.ONc1ncnc2c1ccn2[C@@H]1C[C@H]([C@H](O)c2ccc(Cl)cc2)[C@@H](O)[C@H]1O. The van der Waals surface area contributed by atoms with E-state index in [1.807, 2.05) is 5.48 Å². The zero-order valence-corrected chi connectivity index (χ0v) is 16.1. The summed E-state index contributed by atoms with van der Waals surface area (Å²) in [5.74, 6) is -0.301. The number of hydrogen-bond acceptors (Lipinski definition) is 7. The molecule has 10 heteroatoms. The minimum atomic E-state index is -1.10. The van der Waals surface area contributed by atoms with Crippen LogP contribution in [0.3, 0.4) is 0 Å². The molecule has 4 rings (SSSR count). The normalized spacial score (nSPS) is 25.5. The monoisotopic (exact) mass is 426 g/mol. The molecule has 1 saturated carbocycles. The van der Waals surface area contributed by atoms with Gasteiger partial charge in [-0.3, -0.25) is 10.7 Å². The highest BCUT2D eigenvalue weighted by atomic mass is 35.5. The Morgan fingerprint density at radius 2 is 1.82 bits per heavy atom. The van der Waals surface area contributed by atoms with E-state index in [9.17, 15) is 20.5 Å². The van der Waals surface area contributed by atoms with Crippen molar-refractivity contribution >= 4 is 40.9 Å². The molecule has 8 nitrogen and oxygen atoms in total. The third-order valence-corrected chi connectivity index (χ3v) is 5.54. The van der Waals surface area contributed by atoms with Crippen molar-refractivity contribution in [2.45, 2.75) is 30.8 Å². The predicted molar refractivity (Wildman–Crippen MR) is 106 cm³/mol. The summed E-state index contributed by atoms with van der Waals surface area (Å²) in [5, 5.41) is 42.2. The van der Waals surface area contributed by atoms with Crippen molar-refractivity contribution in [2.75, 3.05) is 5.48 Å². The van der Waals surface area contributed by atoms with E-state index in [2.05, 4.69) is 9.97 Å². The summed E-state index contributed by atoms with van der Waals surface area (Å²) in [4.78, 5) is 8.16. The lowest BCUT2D eigenvalue weighted by Gasteiger charge is -2.22. The van der Waals surface area contributed by atoms with Crippen LogP contribution in [0.15, 0.2) is 42.9 Å². The summed E-state index contributed by atoms with van der Waals surface area (Å²) < 4.78 is 1.74. The zero-order valence-electron chi connectivity index (χ0n) is 14.6. The third-order valence-electron chi connectivity index (χ3n) is 5.29. The van der Waals surface area contributed by atoms with Crippen molar-refractivity contribution in [3.8, 4) is 0 Å². The van der Waals surface area contributed by atoms with E-state index >= 15 is 0 Å². The fourth-order valence-corrected chi connectivity index (χ4v) is 3.99. The second-order valence-corrected chi connectivity index (χ2v) is 7.18. The molecule has 0 spiro atoms. The Kier molecular flexibility index (Phi) is 6.09. The largest absolute Gasteiger partial charge is 0.390 e. The van der Waals surface area contributed by atoms with Crippen molar-refractivity contribution in [3.63, 3.8) is 0 Å². The number of anilines is 1. The molecule has 0 unspecified atom stereocenters. The molecule has 0 radical (unpaired) electrons. The molecule has 1 aliphatic rings. The van der Waals surface area contributed by atoms with Gasteiger partial charge in [0, 0.05) is 17.1 Å². The minimum Gasteiger partial charge on any atom is -0.390 e. The molecule has 5 atom stereocenters. The molecule has 0 saturated heterocycles. The van der Waals surface area contributed by atoms with Crippen LogP contribution in [0.25, 0.3) is 11.0 Å². The van der Waals surface area contributed by atoms with Crippen molar-refractivity contribution in [2.24, 2.45) is 5.92 Å². The lowest BCUT2D eigenvalue weighted by atomic mass is 9.92. The van der Waals surface area contributed by atoms with Gasteiger partial charge in [0.15, 0.2) is 5.82 Å². The van der Waals surface area contributed by atoms with Gasteiger partial charge in [0.05, 0.1) is 23.6 Å². The quantitative estimate of drug-likeness (QED) is 0.405. The summed E-state index contributed by atoms with van der Waals surface area (Å²) in [5.41, 5.74) is 3.16. The minimum absolute atomic E-state index is 0. The smallest absolute Gasteiger partial charge is 0.162 e. The van der Waals surface area contributed by atoms with Gasteiger partial charge in [-0.15, -0.1) is 12.4 Å². The molecule has 0 aliphatic heterocycles. The van der Waals surface area contributed by atoms with Crippen molar-refractivity contribution in [3.05, 3.63) is 53.4 Å². The van der Waals surface area contributed by atoms with Gasteiger partial charge in [0.2, 0.25) is 0 Å². The van der Waals surface area contributed by atoms with Gasteiger partial charge in [-0.2, -0.15) is 0 Å². The Bertz CT molecular complexity index is 952. The summed E-state index contributed by atoms with van der Waals surface area (Å²) in [6, 6.07) is 8.00. The molecular formula is C18H20Cl2N4O4. The number of nitrogens with zero attached hydrogens (tertiary/aromatic N) is 3. The van der Waals surface area contributed by atoms with E-state index in [-0.39, 0.29) is 18.2 Å². The van der Waals surface area contributed by atoms with Crippen LogP contribution in [0.1, 0.15) is 24.1 Å². The number of nitrogens with one attached hydrogen (secondary N) is 1. The Labute approximate surface area is 171 Å². The summed E-state index contributed by atoms with van der Waals surface area (Å²) >= 11 is 5.89. The van der Waals surface area contributed by atoms with Crippen LogP contribution in [-0.2, 0) is 0 Å². The van der Waals surface area contributed by atoms with E-state index in [4.69, 9.17) is 11.6 Å². The molecule has 1 aliphatic carbocycles. The van der Waals surface area contributed by atoms with Crippen molar-refractivity contribution < 1.29 is 20.5 Å². The highest BCUT2D eigenvalue weighted by Gasteiger charge is 2.46. The maximum Gasteiger partial charge on any atom is 0.162 e. The van der Waals surface area contributed by atoms with Crippen LogP contribution in [-0.4, -0.2) is 47.3 Å². The highest BCUT2D eigenvalue weighted by Crippen LogP contribution is 2.43. The molecule has 1 fully saturated rings. The van der Waals surface area contributed by atoms with E-state index in [1.54, 1.807) is 41.1 Å². The zero-order chi connectivity index (χ0) is 19.1. The van der Waals surface area contributed by atoms with Gasteiger partial charge in [-0.05, 0) is 30.2 Å². The number of fused-ring (bicyclic) bond motifs is 1. The first-order chi connectivity index (χ1) is 13.0. The number of aliphatic hydroxyl groups excluding tert-OH is 3. The number of aliphatic hydroxyl groups is 3. The molecule has 5 N–H and O–H groups in total. The first-order valence-corrected chi connectivity index (χ1v) is 8.90. The first kappa shape index (κ1) is 20.8. The van der Waals surface area contributed by atoms with Crippen LogP contribution in [0.5, 0.6) is 0 Å². The average Bonchev–Trinajstić information content (AvgIpc) is 3.23. The Morgan fingerprint density at radius 3 is 2.50 bits per heavy atom. The van der Waals surface area contributed by atoms with Crippen molar-refractivity contribution in [1.29, 1.82) is 0 Å². The maximum absolute atomic E-state index is 10.7. The van der Waals surface area contributed by atoms with Crippen LogP contribution in [0, 0.1) is 5.92 Å². The Morgan fingerprint density at radius 1 is 1.11 bits per heavy atom. The fourth-order valence-electron chi connectivity index (χ4n) is 3.87. The van der Waals surface area contributed by atoms with Crippen LogP contribution in [0.2, 0.25) is 5.02 Å². The Hall–Kier alpha value is -1.94. The third kappa shape index (κ3) is 3.43. The number of halogens is 2.